The number of morpholine rings is 1. The molecule has 6 rings (SSSR count). The van der Waals surface area contributed by atoms with E-state index in [1.54, 1.807) is 6.07 Å². The first-order valence-corrected chi connectivity index (χ1v) is 16.1. The number of rotatable bonds is 8. The minimum atomic E-state index is -0.726. The highest BCUT2D eigenvalue weighted by molar-refractivity contribution is 6.42. The Kier molecular flexibility index (Phi) is 10.6. The summed E-state index contributed by atoms with van der Waals surface area (Å²) in [5, 5.41) is 0.962. The molecule has 3 saturated heterocycles. The maximum absolute atomic E-state index is 14.0. The number of carbonyl (C=O) groups is 2. The van der Waals surface area contributed by atoms with Gasteiger partial charge in [-0.25, -0.2) is 0 Å². The Bertz CT molecular complexity index is 1430. The second-order valence-electron chi connectivity index (χ2n) is 12.2. The van der Waals surface area contributed by atoms with Gasteiger partial charge in [0.2, 0.25) is 11.8 Å². The number of carbonyl (C=O) groups excluding carboxylic acids is 2. The van der Waals surface area contributed by atoms with Gasteiger partial charge in [-0.3, -0.25) is 9.59 Å². The van der Waals surface area contributed by atoms with Crippen molar-refractivity contribution in [3.63, 3.8) is 0 Å². The molecule has 3 aliphatic heterocycles. The summed E-state index contributed by atoms with van der Waals surface area (Å²) < 4.78 is 6.45. The van der Waals surface area contributed by atoms with Gasteiger partial charge in [-0.05, 0) is 74.0 Å². The van der Waals surface area contributed by atoms with Crippen LogP contribution in [0.3, 0.4) is 0 Å². The molecule has 6 nitrogen and oxygen atoms in total. The molecular formula is C35H40Cl3N3O3. The zero-order valence-corrected chi connectivity index (χ0v) is 27.3. The van der Waals surface area contributed by atoms with E-state index in [9.17, 15) is 9.59 Å². The van der Waals surface area contributed by atoms with Crippen molar-refractivity contribution < 1.29 is 14.3 Å². The molecule has 1 atom stereocenters. The van der Waals surface area contributed by atoms with Crippen LogP contribution in [0.15, 0.2) is 78.9 Å². The van der Waals surface area contributed by atoms with E-state index in [0.29, 0.717) is 29.6 Å². The first-order valence-electron chi connectivity index (χ1n) is 15.4. The van der Waals surface area contributed by atoms with Crippen molar-refractivity contribution in [2.75, 3.05) is 45.9 Å². The van der Waals surface area contributed by atoms with Gasteiger partial charge in [-0.1, -0.05) is 89.9 Å². The van der Waals surface area contributed by atoms with Crippen molar-refractivity contribution in [3.8, 4) is 0 Å². The molecule has 3 aromatic rings. The average molecular weight is 657 g/mol. The van der Waals surface area contributed by atoms with Gasteiger partial charge in [0.1, 0.15) is 12.2 Å². The topological polar surface area (TPSA) is 53.1 Å². The second-order valence-corrected chi connectivity index (χ2v) is 13.0. The molecule has 3 aromatic carbocycles. The maximum Gasteiger partial charge on any atom is 0.249 e. The fourth-order valence-electron chi connectivity index (χ4n) is 7.03. The predicted molar refractivity (Wildman–Crippen MR) is 177 cm³/mol. The first kappa shape index (κ1) is 32.8. The van der Waals surface area contributed by atoms with Crippen LogP contribution >= 0.6 is 35.6 Å². The Morgan fingerprint density at radius 2 is 1.48 bits per heavy atom. The highest BCUT2D eigenvalue weighted by Crippen LogP contribution is 2.41. The number of piperidine rings is 1. The zero-order valence-electron chi connectivity index (χ0n) is 24.9. The summed E-state index contributed by atoms with van der Waals surface area (Å²) in [6.45, 7) is 5.09. The third kappa shape index (κ3) is 6.80. The predicted octanol–water partition coefficient (Wildman–Crippen LogP) is 6.72. The third-order valence-electron chi connectivity index (χ3n) is 9.60. The largest absolute Gasteiger partial charge is 0.359 e. The molecule has 2 amide bonds. The number of amides is 2. The summed E-state index contributed by atoms with van der Waals surface area (Å²) >= 11 is 12.8. The van der Waals surface area contributed by atoms with E-state index in [1.807, 2.05) is 65.6 Å². The van der Waals surface area contributed by atoms with Crippen molar-refractivity contribution in [1.29, 1.82) is 0 Å². The molecule has 234 valence electrons. The SMILES string of the molecule is Cl.O=C1COC(CCN2CCC(C(=O)N3CCCC3)(c3ccccc3)CC2)(c2ccc(Cl)c(Cl)c2)CN1Cc1ccccc1. The van der Waals surface area contributed by atoms with Crippen LogP contribution in [-0.4, -0.2) is 72.4 Å². The van der Waals surface area contributed by atoms with Gasteiger partial charge >= 0.3 is 0 Å². The number of nitrogens with zero attached hydrogens (tertiary/aromatic N) is 3. The van der Waals surface area contributed by atoms with Crippen molar-refractivity contribution in [2.45, 2.75) is 49.7 Å². The van der Waals surface area contributed by atoms with Gasteiger partial charge in [0.15, 0.2) is 0 Å². The number of benzene rings is 3. The summed E-state index contributed by atoms with van der Waals surface area (Å²) in [6, 6.07) is 26.1. The molecule has 0 saturated carbocycles. The number of likely N-dealkylation sites (tertiary alicyclic amines) is 2. The lowest BCUT2D eigenvalue weighted by molar-refractivity contribution is -0.169. The molecule has 1 unspecified atom stereocenters. The van der Waals surface area contributed by atoms with E-state index in [4.69, 9.17) is 27.9 Å². The van der Waals surface area contributed by atoms with Gasteiger partial charge in [-0.15, -0.1) is 12.4 Å². The van der Waals surface area contributed by atoms with Gasteiger partial charge in [0.25, 0.3) is 0 Å². The summed E-state index contributed by atoms with van der Waals surface area (Å²) in [4.78, 5) is 33.4. The number of halogens is 3. The van der Waals surface area contributed by atoms with Gasteiger partial charge < -0.3 is 19.4 Å². The molecule has 9 heteroatoms. The Morgan fingerprint density at radius 1 is 0.818 bits per heavy atom. The van der Waals surface area contributed by atoms with E-state index in [2.05, 4.69) is 21.9 Å². The molecule has 0 N–H and O–H groups in total. The minimum Gasteiger partial charge on any atom is -0.359 e. The summed E-state index contributed by atoms with van der Waals surface area (Å²) in [6.07, 6.45) is 4.42. The Balaban J connectivity index is 0.00000384. The fraction of sp³-hybridized carbons (Fsp3) is 0.429. The van der Waals surface area contributed by atoms with E-state index in [0.717, 1.165) is 75.1 Å². The van der Waals surface area contributed by atoms with Gasteiger partial charge in [-0.2, -0.15) is 0 Å². The lowest BCUT2D eigenvalue weighted by Gasteiger charge is -2.46. The molecule has 0 aliphatic carbocycles. The fourth-order valence-corrected chi connectivity index (χ4v) is 7.33. The van der Waals surface area contributed by atoms with E-state index in [-0.39, 0.29) is 30.8 Å². The Morgan fingerprint density at radius 3 is 2.14 bits per heavy atom. The van der Waals surface area contributed by atoms with E-state index >= 15 is 0 Å². The minimum absolute atomic E-state index is 0. The normalized spacial score (nSPS) is 22.1. The van der Waals surface area contributed by atoms with Crippen molar-refractivity contribution in [1.82, 2.24) is 14.7 Å². The van der Waals surface area contributed by atoms with Crippen molar-refractivity contribution in [2.24, 2.45) is 0 Å². The first-order chi connectivity index (χ1) is 20.9. The smallest absolute Gasteiger partial charge is 0.249 e. The lowest BCUT2D eigenvalue weighted by Crippen LogP contribution is -2.55. The molecule has 0 aromatic heterocycles. The van der Waals surface area contributed by atoms with Crippen molar-refractivity contribution >= 4 is 47.4 Å². The Labute approximate surface area is 276 Å². The van der Waals surface area contributed by atoms with Crippen LogP contribution in [0.2, 0.25) is 10.0 Å². The van der Waals surface area contributed by atoms with Crippen LogP contribution < -0.4 is 0 Å². The van der Waals surface area contributed by atoms with Crippen LogP contribution in [0.25, 0.3) is 0 Å². The zero-order chi connectivity index (χ0) is 29.9. The molecule has 0 spiro atoms. The number of hydrogen-bond donors (Lipinski definition) is 0. The van der Waals surface area contributed by atoms with Crippen LogP contribution in [0.1, 0.15) is 48.8 Å². The summed E-state index contributed by atoms with van der Waals surface area (Å²) in [5.41, 5.74) is 1.92. The lowest BCUT2D eigenvalue weighted by atomic mass is 9.71. The molecule has 3 aliphatic rings. The average Bonchev–Trinajstić information content (AvgIpc) is 3.59. The third-order valence-corrected chi connectivity index (χ3v) is 10.3. The molecule has 3 heterocycles. The van der Waals surface area contributed by atoms with E-state index < -0.39 is 11.0 Å². The number of hydrogen-bond acceptors (Lipinski definition) is 4. The Hall–Kier alpha value is -2.61. The molecule has 0 bridgehead atoms. The summed E-state index contributed by atoms with van der Waals surface area (Å²) in [7, 11) is 0. The van der Waals surface area contributed by atoms with Crippen LogP contribution in [0.4, 0.5) is 0 Å². The molecule has 3 fully saturated rings. The van der Waals surface area contributed by atoms with Gasteiger partial charge in [0, 0.05) is 26.2 Å². The quantitative estimate of drug-likeness (QED) is 0.270. The second kappa shape index (κ2) is 14.2. The highest BCUT2D eigenvalue weighted by atomic mass is 35.5. The number of ether oxygens (including phenoxy) is 1. The highest BCUT2D eigenvalue weighted by Gasteiger charge is 2.46. The van der Waals surface area contributed by atoms with E-state index in [1.165, 1.54) is 0 Å². The van der Waals surface area contributed by atoms with Crippen molar-refractivity contribution in [3.05, 3.63) is 106 Å². The van der Waals surface area contributed by atoms with Crippen LogP contribution in [0.5, 0.6) is 0 Å². The van der Waals surface area contributed by atoms with Gasteiger partial charge in [0.05, 0.1) is 22.0 Å². The monoisotopic (exact) mass is 655 g/mol. The van der Waals surface area contributed by atoms with Crippen LogP contribution in [0, 0.1) is 0 Å². The maximum atomic E-state index is 14.0. The standard InChI is InChI=1S/C35H39Cl2N3O3.ClH/c36-30-14-13-29(23-31(30)37)35(26-40(32(41)25-43-35)24-27-9-3-1-4-10-27)17-22-38-20-15-34(16-21-38,28-11-5-2-6-12-28)33(42)39-18-7-8-19-39;/h1-6,9-14,23H,7-8,15-22,24-26H2;1H. The van der Waals surface area contributed by atoms with Crippen LogP contribution in [-0.2, 0) is 31.9 Å². The molecule has 44 heavy (non-hydrogen) atoms. The molecular weight excluding hydrogens is 617 g/mol. The summed E-state index contributed by atoms with van der Waals surface area (Å²) in [5.74, 6) is 0.263. The molecule has 0 radical (unpaired) electrons.